The Hall–Kier alpha value is -0.810. The SMILES string of the molecule is COCC(C)NC(=O)N(C)CC(C)(C)O. The van der Waals surface area contributed by atoms with E-state index >= 15 is 0 Å². The number of hydrogen-bond acceptors (Lipinski definition) is 3. The largest absolute Gasteiger partial charge is 0.389 e. The molecule has 15 heavy (non-hydrogen) atoms. The van der Waals surface area contributed by atoms with Crippen molar-refractivity contribution in [3.05, 3.63) is 0 Å². The summed E-state index contributed by atoms with van der Waals surface area (Å²) in [7, 11) is 3.23. The van der Waals surface area contributed by atoms with E-state index in [-0.39, 0.29) is 12.1 Å². The molecule has 0 heterocycles. The van der Waals surface area contributed by atoms with Crippen molar-refractivity contribution in [1.29, 1.82) is 0 Å². The van der Waals surface area contributed by atoms with E-state index in [0.717, 1.165) is 0 Å². The van der Waals surface area contributed by atoms with Crippen molar-refractivity contribution in [3.63, 3.8) is 0 Å². The van der Waals surface area contributed by atoms with Crippen LogP contribution in [-0.2, 0) is 4.74 Å². The summed E-state index contributed by atoms with van der Waals surface area (Å²) < 4.78 is 4.90. The summed E-state index contributed by atoms with van der Waals surface area (Å²) in [6, 6.07) is -0.242. The average molecular weight is 218 g/mol. The van der Waals surface area contributed by atoms with Gasteiger partial charge in [0.1, 0.15) is 0 Å². The minimum absolute atomic E-state index is 0.0354. The van der Waals surface area contributed by atoms with E-state index < -0.39 is 5.60 Å². The van der Waals surface area contributed by atoms with E-state index in [2.05, 4.69) is 5.32 Å². The lowest BCUT2D eigenvalue weighted by atomic mass is 10.1. The van der Waals surface area contributed by atoms with Gasteiger partial charge in [0.2, 0.25) is 0 Å². The molecule has 0 spiro atoms. The van der Waals surface area contributed by atoms with Crippen molar-refractivity contribution in [1.82, 2.24) is 10.2 Å². The molecule has 0 saturated heterocycles. The minimum Gasteiger partial charge on any atom is -0.389 e. The molecule has 0 radical (unpaired) electrons. The topological polar surface area (TPSA) is 61.8 Å². The van der Waals surface area contributed by atoms with Gasteiger partial charge in [0.25, 0.3) is 0 Å². The Bertz CT molecular complexity index is 201. The molecule has 0 rings (SSSR count). The van der Waals surface area contributed by atoms with Crippen LogP contribution in [0, 0.1) is 0 Å². The normalized spacial score (nSPS) is 13.5. The molecular weight excluding hydrogens is 196 g/mol. The Morgan fingerprint density at radius 2 is 2.13 bits per heavy atom. The lowest BCUT2D eigenvalue weighted by molar-refractivity contribution is 0.0522. The molecule has 0 aromatic carbocycles. The summed E-state index contributed by atoms with van der Waals surface area (Å²) in [5.41, 5.74) is -0.878. The number of nitrogens with zero attached hydrogens (tertiary/aromatic N) is 1. The molecule has 0 aromatic rings. The second kappa shape index (κ2) is 5.92. The molecule has 1 unspecified atom stereocenters. The first kappa shape index (κ1) is 14.2. The van der Waals surface area contributed by atoms with Crippen LogP contribution in [0.25, 0.3) is 0 Å². The van der Waals surface area contributed by atoms with Crippen LogP contribution in [0.2, 0.25) is 0 Å². The van der Waals surface area contributed by atoms with Crippen molar-refractivity contribution in [3.8, 4) is 0 Å². The fourth-order valence-electron chi connectivity index (χ4n) is 1.26. The Labute approximate surface area is 91.4 Å². The van der Waals surface area contributed by atoms with Gasteiger partial charge in [-0.2, -0.15) is 0 Å². The van der Waals surface area contributed by atoms with Crippen LogP contribution in [0.4, 0.5) is 4.79 Å². The maximum absolute atomic E-state index is 11.6. The third-order valence-corrected chi connectivity index (χ3v) is 1.76. The second-order valence-corrected chi connectivity index (χ2v) is 4.47. The number of aliphatic hydroxyl groups is 1. The van der Waals surface area contributed by atoms with Gasteiger partial charge < -0.3 is 20.1 Å². The summed E-state index contributed by atoms with van der Waals surface area (Å²) in [5, 5.41) is 12.3. The number of amides is 2. The van der Waals surface area contributed by atoms with Gasteiger partial charge in [0.15, 0.2) is 0 Å². The Kier molecular flexibility index (Phi) is 5.60. The zero-order valence-electron chi connectivity index (χ0n) is 10.2. The van der Waals surface area contributed by atoms with Crippen LogP contribution in [0.5, 0.6) is 0 Å². The van der Waals surface area contributed by atoms with Crippen LogP contribution >= 0.6 is 0 Å². The number of rotatable bonds is 5. The predicted molar refractivity (Wildman–Crippen MR) is 58.8 cm³/mol. The van der Waals surface area contributed by atoms with Crippen LogP contribution < -0.4 is 5.32 Å². The molecule has 2 amide bonds. The number of nitrogens with one attached hydrogen (secondary N) is 1. The quantitative estimate of drug-likeness (QED) is 0.703. The van der Waals surface area contributed by atoms with Gasteiger partial charge in [0, 0.05) is 14.2 Å². The summed E-state index contributed by atoms with van der Waals surface area (Å²) >= 11 is 0. The highest BCUT2D eigenvalue weighted by Crippen LogP contribution is 2.03. The highest BCUT2D eigenvalue weighted by molar-refractivity contribution is 5.74. The first-order valence-corrected chi connectivity index (χ1v) is 4.99. The number of likely N-dealkylation sites (N-methyl/N-ethyl adjacent to an activating group) is 1. The van der Waals surface area contributed by atoms with Gasteiger partial charge in [0.05, 0.1) is 24.8 Å². The molecule has 0 aromatic heterocycles. The summed E-state index contributed by atoms with van der Waals surface area (Å²) in [6.07, 6.45) is 0. The van der Waals surface area contributed by atoms with E-state index in [1.54, 1.807) is 28.0 Å². The number of hydrogen-bond donors (Lipinski definition) is 2. The van der Waals surface area contributed by atoms with Crippen molar-refractivity contribution < 1.29 is 14.6 Å². The van der Waals surface area contributed by atoms with Crippen molar-refractivity contribution in [2.45, 2.75) is 32.4 Å². The van der Waals surface area contributed by atoms with Crippen LogP contribution in [0.3, 0.4) is 0 Å². The van der Waals surface area contributed by atoms with Gasteiger partial charge in [-0.05, 0) is 20.8 Å². The number of urea groups is 1. The smallest absolute Gasteiger partial charge is 0.317 e. The highest BCUT2D eigenvalue weighted by Gasteiger charge is 2.19. The van der Waals surface area contributed by atoms with Crippen molar-refractivity contribution in [2.75, 3.05) is 27.3 Å². The lowest BCUT2D eigenvalue weighted by Crippen LogP contribution is -2.48. The van der Waals surface area contributed by atoms with E-state index in [0.29, 0.717) is 13.2 Å². The predicted octanol–water partition coefficient (Wildman–Crippen LogP) is 0.434. The van der Waals surface area contributed by atoms with Crippen LogP contribution in [0.15, 0.2) is 0 Å². The molecule has 2 N–H and O–H groups in total. The van der Waals surface area contributed by atoms with Gasteiger partial charge in [-0.3, -0.25) is 0 Å². The minimum atomic E-state index is -0.878. The molecule has 0 aliphatic carbocycles. The molecule has 1 atom stereocenters. The summed E-state index contributed by atoms with van der Waals surface area (Å²) in [4.78, 5) is 13.0. The van der Waals surface area contributed by atoms with Crippen LogP contribution in [-0.4, -0.2) is 55.0 Å². The van der Waals surface area contributed by atoms with Crippen LogP contribution in [0.1, 0.15) is 20.8 Å². The molecule has 5 heteroatoms. The molecule has 0 fully saturated rings. The number of methoxy groups -OCH3 is 1. The molecule has 0 bridgehead atoms. The Balaban J connectivity index is 3.99. The Morgan fingerprint density at radius 3 is 2.53 bits per heavy atom. The maximum Gasteiger partial charge on any atom is 0.317 e. The lowest BCUT2D eigenvalue weighted by Gasteiger charge is -2.27. The summed E-state index contributed by atoms with van der Waals surface area (Å²) in [5.74, 6) is 0. The van der Waals surface area contributed by atoms with Gasteiger partial charge in [-0.1, -0.05) is 0 Å². The number of carbonyl (C=O) groups is 1. The monoisotopic (exact) mass is 218 g/mol. The Morgan fingerprint density at radius 1 is 1.60 bits per heavy atom. The van der Waals surface area contributed by atoms with Gasteiger partial charge in [-0.15, -0.1) is 0 Å². The molecule has 0 aliphatic rings. The second-order valence-electron chi connectivity index (χ2n) is 4.47. The third-order valence-electron chi connectivity index (χ3n) is 1.76. The molecule has 0 saturated carbocycles. The first-order chi connectivity index (χ1) is 6.76. The van der Waals surface area contributed by atoms with E-state index in [9.17, 15) is 9.90 Å². The average Bonchev–Trinajstić information content (AvgIpc) is 2.00. The molecule has 0 aliphatic heterocycles. The standard InChI is InChI=1S/C10H22N2O3/c1-8(6-15-5)11-9(13)12(4)7-10(2,3)14/h8,14H,6-7H2,1-5H3,(H,11,13). The van der Waals surface area contributed by atoms with Crippen molar-refractivity contribution in [2.24, 2.45) is 0 Å². The maximum atomic E-state index is 11.6. The van der Waals surface area contributed by atoms with E-state index in [4.69, 9.17) is 4.74 Å². The highest BCUT2D eigenvalue weighted by atomic mass is 16.5. The first-order valence-electron chi connectivity index (χ1n) is 4.99. The fourth-order valence-corrected chi connectivity index (χ4v) is 1.26. The zero-order chi connectivity index (χ0) is 12.1. The van der Waals surface area contributed by atoms with Gasteiger partial charge >= 0.3 is 6.03 Å². The summed E-state index contributed by atoms with van der Waals surface area (Å²) in [6.45, 7) is 5.95. The molecular formula is C10H22N2O3. The number of carbonyl (C=O) groups excluding carboxylic acids is 1. The zero-order valence-corrected chi connectivity index (χ0v) is 10.2. The molecule has 5 nitrogen and oxygen atoms in total. The molecule has 90 valence electrons. The van der Waals surface area contributed by atoms with Gasteiger partial charge in [-0.25, -0.2) is 4.79 Å². The van der Waals surface area contributed by atoms with Crippen molar-refractivity contribution >= 4 is 6.03 Å². The van der Waals surface area contributed by atoms with E-state index in [1.165, 1.54) is 4.90 Å². The van der Waals surface area contributed by atoms with E-state index in [1.807, 2.05) is 6.92 Å². The number of ether oxygens (including phenoxy) is 1. The third kappa shape index (κ3) is 7.16. The fraction of sp³-hybridized carbons (Fsp3) is 0.900.